The average molecular weight is 632 g/mol. The first-order valence-corrected chi connectivity index (χ1v) is 15.9. The number of nitrogens with one attached hydrogen (secondary N) is 2. The van der Waals surface area contributed by atoms with Crippen molar-refractivity contribution in [3.63, 3.8) is 0 Å². The van der Waals surface area contributed by atoms with Crippen LogP contribution in [-0.2, 0) is 4.79 Å². The molecule has 45 heavy (non-hydrogen) atoms. The Balaban J connectivity index is 1.39. The monoisotopic (exact) mass is 631 g/mol. The Morgan fingerprint density at radius 1 is 1.04 bits per heavy atom. The van der Waals surface area contributed by atoms with Crippen LogP contribution < -0.4 is 21.1 Å². The molecule has 236 valence electrons. The molecule has 6 rings (SSSR count). The quantitative estimate of drug-likeness (QED) is 0.270. The van der Waals surface area contributed by atoms with Gasteiger partial charge in [0.05, 0.1) is 10.6 Å². The van der Waals surface area contributed by atoms with Crippen LogP contribution in [0.15, 0.2) is 47.4 Å². The van der Waals surface area contributed by atoms with Gasteiger partial charge >= 0.3 is 0 Å². The molecule has 2 aromatic heterocycles. The van der Waals surface area contributed by atoms with Crippen LogP contribution in [0.2, 0.25) is 5.02 Å². The Morgan fingerprint density at radius 3 is 2.47 bits per heavy atom. The number of amides is 1. The van der Waals surface area contributed by atoms with E-state index in [1.54, 1.807) is 22.9 Å². The first-order valence-electron chi connectivity index (χ1n) is 15.5. The van der Waals surface area contributed by atoms with E-state index in [4.69, 9.17) is 16.6 Å². The summed E-state index contributed by atoms with van der Waals surface area (Å²) < 4.78 is 16.3. The van der Waals surface area contributed by atoms with E-state index in [0.29, 0.717) is 46.5 Å². The van der Waals surface area contributed by atoms with Gasteiger partial charge in [-0.15, -0.1) is 0 Å². The third-order valence-corrected chi connectivity index (χ3v) is 9.58. The van der Waals surface area contributed by atoms with Crippen molar-refractivity contribution in [1.82, 2.24) is 24.8 Å². The number of benzene rings is 2. The number of aromatic nitrogens is 3. The third kappa shape index (κ3) is 6.26. The number of carbonyl (C=O) groups is 1. The van der Waals surface area contributed by atoms with Gasteiger partial charge in [-0.05, 0) is 82.0 Å². The van der Waals surface area contributed by atoms with E-state index >= 15 is 0 Å². The molecule has 3 heterocycles. The Morgan fingerprint density at radius 2 is 1.78 bits per heavy atom. The molecule has 1 saturated carbocycles. The van der Waals surface area contributed by atoms with Crippen molar-refractivity contribution in [2.24, 2.45) is 0 Å². The number of hydrogen-bond donors (Lipinski definition) is 2. The molecule has 1 aliphatic carbocycles. The Bertz CT molecular complexity index is 1810. The summed E-state index contributed by atoms with van der Waals surface area (Å²) in [4.78, 5) is 40.3. The third-order valence-electron chi connectivity index (χ3n) is 9.20. The van der Waals surface area contributed by atoms with Gasteiger partial charge in [0.25, 0.3) is 5.56 Å². The zero-order valence-corrected chi connectivity index (χ0v) is 26.9. The number of likely N-dealkylation sites (N-methyl/N-ethyl adjacent to an activating group) is 1. The fraction of sp³-hybridized carbons (Fsp3) is 0.412. The van der Waals surface area contributed by atoms with E-state index in [9.17, 15) is 14.0 Å². The van der Waals surface area contributed by atoms with Crippen LogP contribution in [0.3, 0.4) is 0 Å². The number of anilines is 3. The molecule has 0 bridgehead atoms. The van der Waals surface area contributed by atoms with Crippen LogP contribution in [0.4, 0.5) is 21.7 Å². The highest BCUT2D eigenvalue weighted by Gasteiger charge is 2.28. The van der Waals surface area contributed by atoms with Crippen molar-refractivity contribution < 1.29 is 9.18 Å². The van der Waals surface area contributed by atoms with Crippen molar-refractivity contribution in [3.05, 3.63) is 74.9 Å². The molecule has 2 fully saturated rings. The molecule has 2 N–H and O–H groups in total. The van der Waals surface area contributed by atoms with Gasteiger partial charge in [-0.25, -0.2) is 9.37 Å². The van der Waals surface area contributed by atoms with Crippen LogP contribution in [0.5, 0.6) is 0 Å². The van der Waals surface area contributed by atoms with Crippen molar-refractivity contribution >= 4 is 45.9 Å². The lowest BCUT2D eigenvalue weighted by Gasteiger charge is -2.35. The summed E-state index contributed by atoms with van der Waals surface area (Å²) in [5, 5.41) is 6.96. The molecule has 4 aromatic rings. The van der Waals surface area contributed by atoms with Gasteiger partial charge in [-0.2, -0.15) is 4.98 Å². The smallest absolute Gasteiger partial charge is 0.260 e. The fourth-order valence-corrected chi connectivity index (χ4v) is 7.00. The predicted octanol–water partition coefficient (Wildman–Crippen LogP) is 5.98. The standard InChI is InChI=1S/C34H39ClFN7O2/c1-20-18-24(10-13-29(20)42-16-14-41(4)15-17-42)39-34-37-19-27-21(2)30(26-6-5-7-28(36)31(26)35)33(45)43(32(27)40-34)25-11-8-23(9-12-25)38-22(3)44/h5-7,10,13,18-19,23,25H,8-9,11-12,14-17H2,1-4H3,(H,38,44)(H,37,39,40). The van der Waals surface area contributed by atoms with E-state index in [-0.39, 0.29) is 28.6 Å². The van der Waals surface area contributed by atoms with Crippen LogP contribution in [0, 0.1) is 19.7 Å². The van der Waals surface area contributed by atoms with Gasteiger partial charge in [0.15, 0.2) is 0 Å². The molecule has 0 atom stereocenters. The highest BCUT2D eigenvalue weighted by molar-refractivity contribution is 6.33. The first kappa shape index (κ1) is 31.0. The minimum absolute atomic E-state index is 0.0605. The second kappa shape index (κ2) is 12.8. The van der Waals surface area contributed by atoms with Gasteiger partial charge in [-0.1, -0.05) is 23.7 Å². The summed E-state index contributed by atoms with van der Waals surface area (Å²) in [7, 11) is 2.15. The molecule has 11 heteroatoms. The topological polar surface area (TPSA) is 95.4 Å². The number of nitrogens with zero attached hydrogens (tertiary/aromatic N) is 5. The largest absolute Gasteiger partial charge is 0.369 e. The number of pyridine rings is 1. The number of piperazine rings is 1. The maximum Gasteiger partial charge on any atom is 0.260 e. The lowest BCUT2D eigenvalue weighted by Crippen LogP contribution is -2.44. The first-order chi connectivity index (χ1) is 21.6. The molecule has 0 unspecified atom stereocenters. The molecule has 2 aliphatic rings. The number of carbonyl (C=O) groups excluding carboxylic acids is 1. The van der Waals surface area contributed by atoms with Crippen molar-refractivity contribution in [1.29, 1.82) is 0 Å². The van der Waals surface area contributed by atoms with Crippen LogP contribution in [0.25, 0.3) is 22.2 Å². The lowest BCUT2D eigenvalue weighted by atomic mass is 9.90. The maximum atomic E-state index is 14.6. The number of aryl methyl sites for hydroxylation is 2. The number of rotatable bonds is 6. The van der Waals surface area contributed by atoms with Gasteiger partial charge in [-0.3, -0.25) is 14.2 Å². The van der Waals surface area contributed by atoms with Gasteiger partial charge in [0.2, 0.25) is 11.9 Å². The van der Waals surface area contributed by atoms with E-state index in [2.05, 4.69) is 51.5 Å². The normalized spacial score (nSPS) is 19.1. The summed E-state index contributed by atoms with van der Waals surface area (Å²) >= 11 is 6.41. The summed E-state index contributed by atoms with van der Waals surface area (Å²) in [5.41, 5.74) is 4.81. The van der Waals surface area contributed by atoms with E-state index in [0.717, 1.165) is 50.3 Å². The lowest BCUT2D eigenvalue weighted by molar-refractivity contribution is -0.119. The van der Waals surface area contributed by atoms with E-state index in [1.165, 1.54) is 18.7 Å². The Labute approximate surface area is 267 Å². The minimum Gasteiger partial charge on any atom is -0.369 e. The fourth-order valence-electron chi connectivity index (χ4n) is 6.78. The Hall–Kier alpha value is -4.02. The zero-order chi connectivity index (χ0) is 31.8. The Kier molecular flexibility index (Phi) is 8.79. The predicted molar refractivity (Wildman–Crippen MR) is 178 cm³/mol. The summed E-state index contributed by atoms with van der Waals surface area (Å²) in [5.74, 6) is -0.264. The second-order valence-electron chi connectivity index (χ2n) is 12.3. The SMILES string of the molecule is CC(=O)NC1CCC(n2c(=O)c(-c3cccc(F)c3Cl)c(C)c3cnc(Nc4ccc(N5CCN(C)CC5)c(C)c4)nc32)CC1. The van der Waals surface area contributed by atoms with Crippen molar-refractivity contribution in [2.75, 3.05) is 43.4 Å². The molecule has 0 spiro atoms. The molecule has 2 aromatic carbocycles. The molecule has 1 amide bonds. The van der Waals surface area contributed by atoms with Crippen LogP contribution in [-0.4, -0.2) is 64.6 Å². The second-order valence-corrected chi connectivity index (χ2v) is 12.7. The molecule has 0 radical (unpaired) electrons. The highest BCUT2D eigenvalue weighted by atomic mass is 35.5. The van der Waals surface area contributed by atoms with Crippen molar-refractivity contribution in [2.45, 2.75) is 58.5 Å². The summed E-state index contributed by atoms with van der Waals surface area (Å²) in [6.07, 6.45) is 4.55. The van der Waals surface area contributed by atoms with Gasteiger partial charge in [0, 0.05) is 73.7 Å². The van der Waals surface area contributed by atoms with Crippen molar-refractivity contribution in [3.8, 4) is 11.1 Å². The molecule has 1 saturated heterocycles. The zero-order valence-electron chi connectivity index (χ0n) is 26.2. The van der Waals surface area contributed by atoms with E-state index < -0.39 is 5.82 Å². The maximum absolute atomic E-state index is 14.6. The highest BCUT2D eigenvalue weighted by Crippen LogP contribution is 2.36. The molecule has 1 aliphatic heterocycles. The average Bonchev–Trinajstić information content (AvgIpc) is 3.00. The molecular formula is C34H39ClFN7O2. The minimum atomic E-state index is -0.583. The molecular weight excluding hydrogens is 593 g/mol. The van der Waals surface area contributed by atoms with Crippen LogP contribution >= 0.6 is 11.6 Å². The van der Waals surface area contributed by atoms with Gasteiger partial charge in [0.1, 0.15) is 11.5 Å². The molecule has 9 nitrogen and oxygen atoms in total. The summed E-state index contributed by atoms with van der Waals surface area (Å²) in [6, 6.07) is 10.7. The van der Waals surface area contributed by atoms with E-state index in [1.807, 2.05) is 13.0 Å². The number of hydrogen-bond acceptors (Lipinski definition) is 7. The number of halogens is 2. The number of fused-ring (bicyclic) bond motifs is 1. The van der Waals surface area contributed by atoms with Gasteiger partial charge < -0.3 is 20.4 Å². The summed E-state index contributed by atoms with van der Waals surface area (Å²) in [6.45, 7) is 9.51. The van der Waals surface area contributed by atoms with Crippen LogP contribution in [0.1, 0.15) is 49.8 Å².